The third-order valence-corrected chi connectivity index (χ3v) is 4.94. The van der Waals surface area contributed by atoms with Crippen LogP contribution in [0.5, 0.6) is 0 Å². The van der Waals surface area contributed by atoms with Crippen molar-refractivity contribution >= 4 is 28.5 Å². The highest BCUT2D eigenvalue weighted by molar-refractivity contribution is 7.11. The first-order valence-corrected chi connectivity index (χ1v) is 9.16. The molecule has 0 saturated heterocycles. The number of thiazole rings is 1. The van der Waals surface area contributed by atoms with E-state index in [4.69, 9.17) is 5.73 Å². The zero-order chi connectivity index (χ0) is 19.4. The molecule has 0 aliphatic carbocycles. The molecule has 1 amide bonds. The third-order valence-electron chi connectivity index (χ3n) is 4.07. The van der Waals surface area contributed by atoms with Gasteiger partial charge in [0.2, 0.25) is 5.91 Å². The minimum Gasteiger partial charge on any atom is -0.366 e. The Bertz CT molecular complexity index is 1060. The number of carbonyl (C=O) groups is 1. The molecule has 0 fully saturated rings. The van der Waals surface area contributed by atoms with Gasteiger partial charge in [0.05, 0.1) is 5.69 Å². The Morgan fingerprint density at radius 2 is 1.96 bits per heavy atom. The predicted octanol–water partition coefficient (Wildman–Crippen LogP) is 4.50. The molecule has 5 nitrogen and oxygen atoms in total. The van der Waals surface area contributed by atoms with Gasteiger partial charge in [0.15, 0.2) is 0 Å². The van der Waals surface area contributed by atoms with E-state index in [1.54, 1.807) is 30.5 Å². The predicted molar refractivity (Wildman–Crippen MR) is 109 cm³/mol. The zero-order valence-corrected chi connectivity index (χ0v) is 15.8. The molecule has 0 atom stereocenters. The van der Waals surface area contributed by atoms with Gasteiger partial charge in [-0.15, -0.1) is 11.3 Å². The quantitative estimate of drug-likeness (QED) is 0.643. The zero-order valence-electron chi connectivity index (χ0n) is 15.0. The average Bonchev–Trinajstić information content (AvgIpc) is 3.12. The molecule has 0 unspecified atom stereocenters. The smallest absolute Gasteiger partial charge is 0.248 e. The molecule has 2 aromatic carbocycles. The number of nitrogens with one attached hydrogen (secondary N) is 1. The van der Waals surface area contributed by atoms with E-state index in [0.717, 1.165) is 22.5 Å². The molecule has 0 aliphatic heterocycles. The number of allylic oxidation sites excluding steroid dienone is 1. The summed E-state index contributed by atoms with van der Waals surface area (Å²) in [6.45, 7) is 4.11. The lowest BCUT2D eigenvalue weighted by Crippen LogP contribution is -2.10. The molecule has 0 aliphatic rings. The molecule has 1 heterocycles. The average molecular weight is 374 g/mol. The summed E-state index contributed by atoms with van der Waals surface area (Å²) < 4.78 is 0. The molecule has 1 aromatic heterocycles. The van der Waals surface area contributed by atoms with Crippen molar-refractivity contribution in [2.24, 2.45) is 5.73 Å². The largest absolute Gasteiger partial charge is 0.366 e. The number of nitrogens with zero attached hydrogens (tertiary/aromatic N) is 2. The minimum atomic E-state index is -0.475. The van der Waals surface area contributed by atoms with E-state index in [1.807, 2.05) is 5.38 Å². The highest BCUT2D eigenvalue weighted by atomic mass is 32.1. The van der Waals surface area contributed by atoms with Crippen LogP contribution in [0.1, 0.15) is 26.5 Å². The van der Waals surface area contributed by atoms with Crippen molar-refractivity contribution in [2.75, 3.05) is 5.32 Å². The molecule has 27 heavy (non-hydrogen) atoms. The number of benzene rings is 2. The van der Waals surface area contributed by atoms with Gasteiger partial charge in [-0.2, -0.15) is 5.26 Å². The molecular weight excluding hydrogens is 356 g/mol. The number of amides is 1. The van der Waals surface area contributed by atoms with Gasteiger partial charge in [-0.1, -0.05) is 23.8 Å². The maximum Gasteiger partial charge on any atom is 0.248 e. The summed E-state index contributed by atoms with van der Waals surface area (Å²) in [4.78, 5) is 15.7. The lowest BCUT2D eigenvalue weighted by atomic mass is 10.0. The summed E-state index contributed by atoms with van der Waals surface area (Å²) in [5, 5.41) is 15.2. The summed E-state index contributed by atoms with van der Waals surface area (Å²) >= 11 is 1.43. The summed E-state index contributed by atoms with van der Waals surface area (Å²) in [7, 11) is 0. The summed E-state index contributed by atoms with van der Waals surface area (Å²) in [5.74, 6) is -0.475. The van der Waals surface area contributed by atoms with E-state index in [2.05, 4.69) is 48.4 Å². The summed E-state index contributed by atoms with van der Waals surface area (Å²) in [6, 6.07) is 15.1. The maximum absolute atomic E-state index is 11.1. The molecule has 0 radical (unpaired) electrons. The third kappa shape index (κ3) is 4.22. The molecule has 134 valence electrons. The lowest BCUT2D eigenvalue weighted by molar-refractivity contribution is 0.100. The van der Waals surface area contributed by atoms with Crippen LogP contribution in [0.15, 0.2) is 54.0 Å². The second kappa shape index (κ2) is 7.85. The van der Waals surface area contributed by atoms with Crippen molar-refractivity contribution in [3.05, 3.63) is 75.7 Å². The van der Waals surface area contributed by atoms with E-state index >= 15 is 0 Å². The van der Waals surface area contributed by atoms with Gasteiger partial charge < -0.3 is 11.1 Å². The number of nitriles is 1. The van der Waals surface area contributed by atoms with Crippen molar-refractivity contribution in [1.82, 2.24) is 4.98 Å². The molecular formula is C21H18N4OS. The lowest BCUT2D eigenvalue weighted by Gasteiger charge is -2.04. The molecule has 0 bridgehead atoms. The monoisotopic (exact) mass is 374 g/mol. The van der Waals surface area contributed by atoms with E-state index < -0.39 is 5.91 Å². The number of carbonyl (C=O) groups excluding carboxylic acids is 1. The molecule has 3 N–H and O–H groups in total. The number of nitrogens with two attached hydrogens (primary N) is 1. The van der Waals surface area contributed by atoms with Crippen LogP contribution in [0.3, 0.4) is 0 Å². The van der Waals surface area contributed by atoms with Crippen LogP contribution in [0.2, 0.25) is 0 Å². The van der Waals surface area contributed by atoms with E-state index in [9.17, 15) is 10.1 Å². The molecule has 3 rings (SSSR count). The van der Waals surface area contributed by atoms with Crippen LogP contribution in [0.25, 0.3) is 16.8 Å². The van der Waals surface area contributed by atoms with E-state index in [1.165, 1.54) is 16.9 Å². The first kappa shape index (κ1) is 18.4. The van der Waals surface area contributed by atoms with Gasteiger partial charge in [0.1, 0.15) is 16.6 Å². The van der Waals surface area contributed by atoms with Gasteiger partial charge in [0, 0.05) is 28.4 Å². The number of aryl methyl sites for hydroxylation is 2. The van der Waals surface area contributed by atoms with Gasteiger partial charge in [-0.25, -0.2) is 4.98 Å². The van der Waals surface area contributed by atoms with E-state index in [0.29, 0.717) is 16.1 Å². The number of hydrogen-bond donors (Lipinski definition) is 2. The number of aromatic nitrogens is 1. The van der Waals surface area contributed by atoms with Crippen molar-refractivity contribution in [1.29, 1.82) is 5.26 Å². The first-order valence-electron chi connectivity index (χ1n) is 8.28. The minimum absolute atomic E-state index is 0.433. The Balaban J connectivity index is 1.81. The molecule has 0 saturated carbocycles. The Morgan fingerprint density at radius 1 is 1.22 bits per heavy atom. The van der Waals surface area contributed by atoms with Crippen molar-refractivity contribution in [2.45, 2.75) is 13.8 Å². The Labute approximate surface area is 161 Å². The molecule has 3 aromatic rings. The summed E-state index contributed by atoms with van der Waals surface area (Å²) in [5.41, 5.74) is 11.1. The van der Waals surface area contributed by atoms with Gasteiger partial charge in [0.25, 0.3) is 0 Å². The second-order valence-electron chi connectivity index (χ2n) is 6.11. The van der Waals surface area contributed by atoms with Gasteiger partial charge in [-0.05, 0) is 43.7 Å². The Morgan fingerprint density at radius 3 is 2.59 bits per heavy atom. The highest BCUT2D eigenvalue weighted by Crippen LogP contribution is 2.28. The van der Waals surface area contributed by atoms with Crippen molar-refractivity contribution < 1.29 is 4.79 Å². The van der Waals surface area contributed by atoms with Crippen LogP contribution in [0.4, 0.5) is 5.69 Å². The van der Waals surface area contributed by atoms with Crippen molar-refractivity contribution in [3.63, 3.8) is 0 Å². The van der Waals surface area contributed by atoms with Crippen LogP contribution in [-0.4, -0.2) is 10.9 Å². The van der Waals surface area contributed by atoms with Gasteiger partial charge >= 0.3 is 0 Å². The van der Waals surface area contributed by atoms with Crippen LogP contribution < -0.4 is 11.1 Å². The normalized spacial score (nSPS) is 11.1. The van der Waals surface area contributed by atoms with E-state index in [-0.39, 0.29) is 0 Å². The number of anilines is 1. The van der Waals surface area contributed by atoms with Crippen LogP contribution in [-0.2, 0) is 0 Å². The van der Waals surface area contributed by atoms with Crippen molar-refractivity contribution in [3.8, 4) is 17.3 Å². The fraction of sp³-hybridized carbons (Fsp3) is 0.0952. The second-order valence-corrected chi connectivity index (χ2v) is 6.97. The maximum atomic E-state index is 11.1. The topological polar surface area (TPSA) is 91.8 Å². The SMILES string of the molecule is Cc1ccc(-c2csc(C(C#N)=CNc3ccc(C(N)=O)cc3)n2)c(C)c1. The number of hydrogen-bond acceptors (Lipinski definition) is 5. The number of primary amides is 1. The molecule has 0 spiro atoms. The standard InChI is InChI=1S/C21H18N4OS/c1-13-3-8-18(14(2)9-13)19-12-27-21(25-19)16(10-22)11-24-17-6-4-15(5-7-17)20(23)26/h3-9,11-12,24H,1-2H3,(H2,23,26). The number of rotatable bonds is 5. The Hall–Kier alpha value is -3.43. The Kier molecular flexibility index (Phi) is 5.34. The summed E-state index contributed by atoms with van der Waals surface area (Å²) in [6.07, 6.45) is 1.61. The fourth-order valence-corrected chi connectivity index (χ4v) is 3.44. The highest BCUT2D eigenvalue weighted by Gasteiger charge is 2.11. The van der Waals surface area contributed by atoms with Gasteiger partial charge in [-0.3, -0.25) is 4.79 Å². The first-order chi connectivity index (χ1) is 13.0. The fourth-order valence-electron chi connectivity index (χ4n) is 2.65. The van der Waals surface area contributed by atoms with Crippen LogP contribution >= 0.6 is 11.3 Å². The molecule has 6 heteroatoms. The van der Waals surface area contributed by atoms with Crippen LogP contribution in [0, 0.1) is 25.2 Å².